The second kappa shape index (κ2) is 7.31. The minimum absolute atomic E-state index is 0.576. The molecule has 20 heavy (non-hydrogen) atoms. The first-order valence-corrected chi connectivity index (χ1v) is 8.76. The molecule has 0 aliphatic heterocycles. The lowest BCUT2D eigenvalue weighted by Crippen LogP contribution is -2.10. The van der Waals surface area contributed by atoms with E-state index in [1.54, 1.807) is 11.3 Å². The van der Waals surface area contributed by atoms with Crippen LogP contribution in [0.2, 0.25) is 0 Å². The molecule has 2 rings (SSSR count). The fourth-order valence-electron chi connectivity index (χ4n) is 1.81. The van der Waals surface area contributed by atoms with Crippen LogP contribution in [0, 0.1) is 9.49 Å². The van der Waals surface area contributed by atoms with Gasteiger partial charge in [0.15, 0.2) is 5.82 Å². The van der Waals surface area contributed by atoms with Crippen molar-refractivity contribution in [2.45, 2.75) is 33.6 Å². The van der Waals surface area contributed by atoms with Gasteiger partial charge in [-0.2, -0.15) is 0 Å². The predicted molar refractivity (Wildman–Crippen MR) is 93.2 cm³/mol. The number of hydrogen-bond acceptors (Lipinski definition) is 5. The van der Waals surface area contributed by atoms with Gasteiger partial charge in [0.2, 0.25) is 0 Å². The minimum Gasteiger partial charge on any atom is -0.369 e. The zero-order chi connectivity index (χ0) is 14.5. The number of halogens is 1. The summed E-state index contributed by atoms with van der Waals surface area (Å²) in [5.74, 6) is 2.30. The van der Waals surface area contributed by atoms with E-state index < -0.39 is 0 Å². The number of anilines is 1. The molecule has 0 radical (unpaired) electrons. The smallest absolute Gasteiger partial charge is 0.173 e. The van der Waals surface area contributed by atoms with Crippen molar-refractivity contribution in [3.05, 3.63) is 21.0 Å². The Morgan fingerprint density at radius 1 is 1.35 bits per heavy atom. The number of thiazole rings is 1. The lowest BCUT2D eigenvalue weighted by Gasteiger charge is -2.13. The van der Waals surface area contributed by atoms with E-state index in [4.69, 9.17) is 4.98 Å². The Labute approximate surface area is 137 Å². The first-order valence-electron chi connectivity index (χ1n) is 6.81. The van der Waals surface area contributed by atoms with Gasteiger partial charge in [0.05, 0.1) is 19.7 Å². The highest BCUT2D eigenvalue weighted by Crippen LogP contribution is 2.27. The van der Waals surface area contributed by atoms with Gasteiger partial charge in [-0.25, -0.2) is 9.97 Å². The molecule has 2 aromatic rings. The summed E-state index contributed by atoms with van der Waals surface area (Å²) in [6.07, 6.45) is 3.87. The lowest BCUT2D eigenvalue weighted by molar-refractivity contribution is 0.632. The van der Waals surface area contributed by atoms with E-state index in [1.807, 2.05) is 11.7 Å². The molecule has 108 valence electrons. The standard InChI is InChI=1S/C14H19IN4S/c1-4-5-17-14-12(15)10(6-9(2)3)18-13(19-14)11-7-16-8-20-11/h7-9H,4-6H2,1-3H3,(H,17,18,19). The van der Waals surface area contributed by atoms with Crippen molar-refractivity contribution in [3.8, 4) is 10.7 Å². The summed E-state index contributed by atoms with van der Waals surface area (Å²) in [5, 5.41) is 3.40. The lowest BCUT2D eigenvalue weighted by atomic mass is 10.1. The van der Waals surface area contributed by atoms with E-state index in [0.29, 0.717) is 5.92 Å². The van der Waals surface area contributed by atoms with E-state index in [0.717, 1.165) is 45.2 Å². The van der Waals surface area contributed by atoms with E-state index >= 15 is 0 Å². The van der Waals surface area contributed by atoms with Gasteiger partial charge in [-0.15, -0.1) is 11.3 Å². The topological polar surface area (TPSA) is 50.7 Å². The summed E-state index contributed by atoms with van der Waals surface area (Å²) in [6.45, 7) is 7.50. The summed E-state index contributed by atoms with van der Waals surface area (Å²) in [6, 6.07) is 0. The van der Waals surface area contributed by atoms with Crippen LogP contribution in [0.25, 0.3) is 10.7 Å². The Morgan fingerprint density at radius 3 is 2.75 bits per heavy atom. The second-order valence-corrected chi connectivity index (χ2v) is 7.01. The van der Waals surface area contributed by atoms with Crippen molar-refractivity contribution in [2.75, 3.05) is 11.9 Å². The molecule has 0 spiro atoms. The number of rotatable bonds is 6. The summed E-state index contributed by atoms with van der Waals surface area (Å²) >= 11 is 3.92. The first-order chi connectivity index (χ1) is 9.61. The van der Waals surface area contributed by atoms with Crippen molar-refractivity contribution in [3.63, 3.8) is 0 Å². The number of hydrogen-bond donors (Lipinski definition) is 1. The van der Waals surface area contributed by atoms with Crippen LogP contribution in [0.3, 0.4) is 0 Å². The van der Waals surface area contributed by atoms with Crippen LogP contribution in [0.4, 0.5) is 5.82 Å². The van der Waals surface area contributed by atoms with Gasteiger partial charge in [-0.1, -0.05) is 20.8 Å². The molecule has 4 nitrogen and oxygen atoms in total. The largest absolute Gasteiger partial charge is 0.369 e. The first kappa shape index (κ1) is 15.6. The molecule has 0 aromatic carbocycles. The van der Waals surface area contributed by atoms with Gasteiger partial charge in [-0.3, -0.25) is 4.98 Å². The molecule has 0 unspecified atom stereocenters. The third-order valence-electron chi connectivity index (χ3n) is 2.72. The Bertz CT molecular complexity index is 555. The maximum absolute atomic E-state index is 4.74. The van der Waals surface area contributed by atoms with Gasteiger partial charge in [0.1, 0.15) is 5.82 Å². The normalized spacial score (nSPS) is 11.1. The fourth-order valence-corrected chi connectivity index (χ4v) is 3.02. The third kappa shape index (κ3) is 3.88. The van der Waals surface area contributed by atoms with Gasteiger partial charge in [0.25, 0.3) is 0 Å². The van der Waals surface area contributed by atoms with Crippen molar-refractivity contribution in [1.29, 1.82) is 0 Å². The molecule has 0 saturated heterocycles. The molecule has 0 atom stereocenters. The average molecular weight is 402 g/mol. The SMILES string of the molecule is CCCNc1nc(-c2cncs2)nc(CC(C)C)c1I. The van der Waals surface area contributed by atoms with E-state index in [1.165, 1.54) is 0 Å². The summed E-state index contributed by atoms with van der Waals surface area (Å²) in [4.78, 5) is 14.5. The van der Waals surface area contributed by atoms with Crippen molar-refractivity contribution >= 4 is 39.7 Å². The highest BCUT2D eigenvalue weighted by molar-refractivity contribution is 14.1. The molecule has 2 aromatic heterocycles. The van der Waals surface area contributed by atoms with Gasteiger partial charge >= 0.3 is 0 Å². The molecular weight excluding hydrogens is 383 g/mol. The maximum Gasteiger partial charge on any atom is 0.173 e. The summed E-state index contributed by atoms with van der Waals surface area (Å²) in [7, 11) is 0. The molecule has 0 aliphatic carbocycles. The molecule has 2 heterocycles. The van der Waals surface area contributed by atoms with Crippen molar-refractivity contribution in [2.24, 2.45) is 5.92 Å². The molecule has 0 bridgehead atoms. The zero-order valence-corrected chi connectivity index (χ0v) is 15.0. The van der Waals surface area contributed by atoms with Crippen LogP contribution < -0.4 is 5.32 Å². The molecule has 1 N–H and O–H groups in total. The Morgan fingerprint density at radius 2 is 2.15 bits per heavy atom. The molecule has 0 amide bonds. The monoisotopic (exact) mass is 402 g/mol. The molecule has 0 saturated carbocycles. The van der Waals surface area contributed by atoms with Crippen LogP contribution in [-0.2, 0) is 6.42 Å². The van der Waals surface area contributed by atoms with Gasteiger partial charge < -0.3 is 5.32 Å². The molecule has 6 heteroatoms. The Kier molecular flexibility index (Phi) is 5.71. The summed E-state index contributed by atoms with van der Waals surface area (Å²) < 4.78 is 1.14. The predicted octanol–water partition coefficient (Wildman–Crippen LogP) is 4.23. The molecule has 0 fully saturated rings. The van der Waals surface area contributed by atoms with E-state index in [-0.39, 0.29) is 0 Å². The quantitative estimate of drug-likeness (QED) is 0.735. The highest BCUT2D eigenvalue weighted by Gasteiger charge is 2.15. The minimum atomic E-state index is 0.576. The van der Waals surface area contributed by atoms with Crippen molar-refractivity contribution in [1.82, 2.24) is 15.0 Å². The highest BCUT2D eigenvalue weighted by atomic mass is 127. The summed E-state index contributed by atoms with van der Waals surface area (Å²) in [5.41, 5.74) is 2.94. The van der Waals surface area contributed by atoms with Crippen molar-refractivity contribution < 1.29 is 0 Å². The Hall–Kier alpha value is -0.760. The number of nitrogens with one attached hydrogen (secondary N) is 1. The average Bonchev–Trinajstić information content (AvgIpc) is 2.93. The van der Waals surface area contributed by atoms with Crippen LogP contribution in [0.5, 0.6) is 0 Å². The molecule has 0 aliphatic rings. The van der Waals surface area contributed by atoms with Crippen LogP contribution in [-0.4, -0.2) is 21.5 Å². The maximum atomic E-state index is 4.74. The number of nitrogens with zero attached hydrogens (tertiary/aromatic N) is 3. The molecular formula is C14H19IN4S. The van der Waals surface area contributed by atoms with E-state index in [2.05, 4.69) is 58.6 Å². The van der Waals surface area contributed by atoms with Gasteiger partial charge in [0, 0.05) is 12.7 Å². The second-order valence-electron chi connectivity index (χ2n) is 5.05. The fraction of sp³-hybridized carbons (Fsp3) is 0.500. The van der Waals surface area contributed by atoms with E-state index in [9.17, 15) is 0 Å². The van der Waals surface area contributed by atoms with Crippen LogP contribution in [0.15, 0.2) is 11.7 Å². The van der Waals surface area contributed by atoms with Gasteiger partial charge in [-0.05, 0) is 41.4 Å². The number of aromatic nitrogens is 3. The Balaban J connectivity index is 2.42. The van der Waals surface area contributed by atoms with Crippen LogP contribution >= 0.6 is 33.9 Å². The zero-order valence-electron chi connectivity index (χ0n) is 12.0. The third-order valence-corrected chi connectivity index (χ3v) is 4.62. The van der Waals surface area contributed by atoms with Crippen LogP contribution in [0.1, 0.15) is 32.9 Å².